The molecular formula is C12H10N2S. The van der Waals surface area contributed by atoms with Crippen molar-refractivity contribution in [1.82, 2.24) is 4.98 Å². The smallest absolute Gasteiger partial charge is 0.180 e. The Bertz CT molecular complexity index is 508. The van der Waals surface area contributed by atoms with Crippen molar-refractivity contribution < 1.29 is 0 Å². The maximum Gasteiger partial charge on any atom is 0.180 e. The van der Waals surface area contributed by atoms with Crippen molar-refractivity contribution in [3.8, 4) is 12.3 Å². The molecule has 1 heterocycles. The molecule has 2 rings (SSSR count). The molecule has 2 aromatic rings. The van der Waals surface area contributed by atoms with Gasteiger partial charge < -0.3 is 5.73 Å². The largest absolute Gasteiger partial charge is 0.375 e. The predicted molar refractivity (Wildman–Crippen MR) is 63.7 cm³/mol. The lowest BCUT2D eigenvalue weighted by molar-refractivity contribution is 1.21. The number of hydrogen-bond donors (Lipinski definition) is 1. The molecule has 0 unspecified atom stereocenters. The molecule has 0 aliphatic carbocycles. The summed E-state index contributed by atoms with van der Waals surface area (Å²) >= 11 is 1.51. The maximum atomic E-state index is 5.56. The number of rotatable bonds is 2. The van der Waals surface area contributed by atoms with E-state index < -0.39 is 0 Å². The molecule has 15 heavy (non-hydrogen) atoms. The number of nitrogens with zero attached hydrogens (tertiary/aromatic N) is 1. The quantitative estimate of drug-likeness (QED) is 0.779. The van der Waals surface area contributed by atoms with Crippen LogP contribution in [-0.4, -0.2) is 4.98 Å². The molecular weight excluding hydrogens is 204 g/mol. The van der Waals surface area contributed by atoms with Crippen molar-refractivity contribution in [3.05, 3.63) is 46.5 Å². The van der Waals surface area contributed by atoms with Crippen LogP contribution in [0.3, 0.4) is 0 Å². The van der Waals surface area contributed by atoms with E-state index in [0.29, 0.717) is 5.13 Å². The van der Waals surface area contributed by atoms with E-state index in [1.54, 1.807) is 0 Å². The number of thiazole rings is 1. The first kappa shape index (κ1) is 9.75. The molecule has 0 aliphatic heterocycles. The van der Waals surface area contributed by atoms with Gasteiger partial charge >= 0.3 is 0 Å². The third-order valence-electron chi connectivity index (χ3n) is 2.04. The summed E-state index contributed by atoms with van der Waals surface area (Å²) in [6.07, 6.45) is 7.98. The van der Waals surface area contributed by atoms with Gasteiger partial charge in [0.2, 0.25) is 0 Å². The topological polar surface area (TPSA) is 38.9 Å². The molecule has 0 saturated carbocycles. The van der Waals surface area contributed by atoms with Gasteiger partial charge in [-0.1, -0.05) is 18.1 Å². The van der Waals surface area contributed by atoms with Gasteiger partial charge in [0.1, 0.15) is 0 Å². The number of anilines is 1. The molecule has 0 amide bonds. The van der Waals surface area contributed by atoms with E-state index in [-0.39, 0.29) is 0 Å². The minimum Gasteiger partial charge on any atom is -0.375 e. The number of nitrogen functional groups attached to an aromatic ring is 1. The minimum atomic E-state index is 0.609. The molecule has 2 nitrogen and oxygen atoms in total. The SMILES string of the molecule is C#Cc1cccc(Cc2cnc(N)s2)c1. The third kappa shape index (κ3) is 2.36. The van der Waals surface area contributed by atoms with Crippen LogP contribution in [0.2, 0.25) is 0 Å². The summed E-state index contributed by atoms with van der Waals surface area (Å²) in [6, 6.07) is 7.95. The molecule has 0 radical (unpaired) electrons. The fourth-order valence-electron chi connectivity index (χ4n) is 1.38. The molecule has 74 valence electrons. The zero-order valence-corrected chi connectivity index (χ0v) is 8.92. The number of terminal acetylenes is 1. The van der Waals surface area contributed by atoms with Gasteiger partial charge in [0.25, 0.3) is 0 Å². The first-order valence-corrected chi connectivity index (χ1v) is 5.35. The molecule has 1 aromatic heterocycles. The first-order chi connectivity index (χ1) is 7.28. The van der Waals surface area contributed by atoms with Crippen molar-refractivity contribution in [2.45, 2.75) is 6.42 Å². The van der Waals surface area contributed by atoms with Crippen LogP contribution in [0.25, 0.3) is 0 Å². The fraction of sp³-hybridized carbons (Fsp3) is 0.0833. The predicted octanol–water partition coefficient (Wildman–Crippen LogP) is 2.30. The minimum absolute atomic E-state index is 0.609. The summed E-state index contributed by atoms with van der Waals surface area (Å²) in [5.41, 5.74) is 7.66. The molecule has 0 saturated heterocycles. The van der Waals surface area contributed by atoms with Crippen molar-refractivity contribution in [3.63, 3.8) is 0 Å². The summed E-state index contributed by atoms with van der Waals surface area (Å²) in [4.78, 5) is 5.17. The summed E-state index contributed by atoms with van der Waals surface area (Å²) in [6.45, 7) is 0. The van der Waals surface area contributed by atoms with Gasteiger partial charge in [-0.05, 0) is 17.7 Å². The Labute approximate surface area is 92.8 Å². The number of benzene rings is 1. The second kappa shape index (κ2) is 4.16. The Morgan fingerprint density at radius 1 is 1.47 bits per heavy atom. The van der Waals surface area contributed by atoms with Crippen molar-refractivity contribution >= 4 is 16.5 Å². The molecule has 3 heteroatoms. The molecule has 0 spiro atoms. The standard InChI is InChI=1S/C12H10N2S/c1-2-9-4-3-5-10(6-9)7-11-8-14-12(13)15-11/h1,3-6,8H,7H2,(H2,13,14). The van der Waals surface area contributed by atoms with Gasteiger partial charge in [-0.25, -0.2) is 4.98 Å². The van der Waals surface area contributed by atoms with E-state index in [9.17, 15) is 0 Å². The zero-order valence-electron chi connectivity index (χ0n) is 8.10. The summed E-state index contributed by atoms with van der Waals surface area (Å²) in [5, 5.41) is 0.609. The fourth-order valence-corrected chi connectivity index (χ4v) is 2.09. The van der Waals surface area contributed by atoms with E-state index in [4.69, 9.17) is 12.2 Å². The first-order valence-electron chi connectivity index (χ1n) is 4.53. The second-order valence-corrected chi connectivity index (χ2v) is 4.33. The Morgan fingerprint density at radius 3 is 3.00 bits per heavy atom. The Kier molecular flexibility index (Phi) is 2.70. The van der Waals surface area contributed by atoms with Crippen LogP contribution in [0.15, 0.2) is 30.5 Å². The van der Waals surface area contributed by atoms with Crippen molar-refractivity contribution in [2.24, 2.45) is 0 Å². The van der Waals surface area contributed by atoms with Gasteiger partial charge in [0.15, 0.2) is 5.13 Å². The van der Waals surface area contributed by atoms with Gasteiger partial charge in [0.05, 0.1) is 0 Å². The highest BCUT2D eigenvalue weighted by atomic mass is 32.1. The van der Waals surface area contributed by atoms with Gasteiger partial charge in [-0.15, -0.1) is 17.8 Å². The molecule has 0 aliphatic rings. The van der Waals surface area contributed by atoms with Gasteiger partial charge in [0, 0.05) is 23.1 Å². The lowest BCUT2D eigenvalue weighted by Gasteiger charge is -1.98. The Balaban J connectivity index is 2.21. The Hall–Kier alpha value is -1.79. The summed E-state index contributed by atoms with van der Waals surface area (Å²) in [7, 11) is 0. The highest BCUT2D eigenvalue weighted by Gasteiger charge is 2.00. The van der Waals surface area contributed by atoms with E-state index >= 15 is 0 Å². The molecule has 0 fully saturated rings. The monoisotopic (exact) mass is 214 g/mol. The van der Waals surface area contributed by atoms with Crippen LogP contribution in [-0.2, 0) is 6.42 Å². The van der Waals surface area contributed by atoms with Crippen LogP contribution in [0, 0.1) is 12.3 Å². The van der Waals surface area contributed by atoms with Crippen LogP contribution in [0.5, 0.6) is 0 Å². The average Bonchev–Trinajstić information content (AvgIpc) is 2.64. The second-order valence-electron chi connectivity index (χ2n) is 3.19. The number of aromatic nitrogens is 1. The van der Waals surface area contributed by atoms with E-state index in [0.717, 1.165) is 16.9 Å². The summed E-state index contributed by atoms with van der Waals surface area (Å²) < 4.78 is 0. The zero-order chi connectivity index (χ0) is 10.7. The van der Waals surface area contributed by atoms with Gasteiger partial charge in [-0.3, -0.25) is 0 Å². The Morgan fingerprint density at radius 2 is 2.33 bits per heavy atom. The van der Waals surface area contributed by atoms with E-state index in [2.05, 4.69) is 17.0 Å². The van der Waals surface area contributed by atoms with Crippen LogP contribution in [0.1, 0.15) is 16.0 Å². The van der Waals surface area contributed by atoms with Crippen molar-refractivity contribution in [1.29, 1.82) is 0 Å². The lowest BCUT2D eigenvalue weighted by atomic mass is 10.1. The van der Waals surface area contributed by atoms with Crippen LogP contribution in [0.4, 0.5) is 5.13 Å². The number of nitrogens with two attached hydrogens (primary N) is 1. The van der Waals surface area contributed by atoms with Crippen molar-refractivity contribution in [2.75, 3.05) is 5.73 Å². The number of hydrogen-bond acceptors (Lipinski definition) is 3. The van der Waals surface area contributed by atoms with E-state index in [1.165, 1.54) is 16.9 Å². The van der Waals surface area contributed by atoms with Crippen LogP contribution >= 0.6 is 11.3 Å². The molecule has 0 bridgehead atoms. The maximum absolute atomic E-state index is 5.56. The lowest BCUT2D eigenvalue weighted by Crippen LogP contribution is -1.85. The van der Waals surface area contributed by atoms with Gasteiger partial charge in [-0.2, -0.15) is 0 Å². The molecule has 2 N–H and O–H groups in total. The highest BCUT2D eigenvalue weighted by molar-refractivity contribution is 7.15. The summed E-state index contributed by atoms with van der Waals surface area (Å²) in [5.74, 6) is 2.62. The van der Waals surface area contributed by atoms with Crippen LogP contribution < -0.4 is 5.73 Å². The highest BCUT2D eigenvalue weighted by Crippen LogP contribution is 2.18. The third-order valence-corrected chi connectivity index (χ3v) is 2.87. The molecule has 1 aromatic carbocycles. The van der Waals surface area contributed by atoms with E-state index in [1.807, 2.05) is 24.4 Å². The average molecular weight is 214 g/mol. The normalized spacial score (nSPS) is 9.80. The molecule has 0 atom stereocenters.